The lowest BCUT2D eigenvalue weighted by molar-refractivity contribution is -0.166. The Balaban J connectivity index is 4.56. The number of unbranched alkanes of at least 4 members (excludes halogenated alkanes) is 11. The van der Waals surface area contributed by atoms with Gasteiger partial charge in [0.25, 0.3) is 0 Å². The zero-order valence-corrected chi connectivity index (χ0v) is 48.9. The average molecular weight is 1060 g/mol. The van der Waals surface area contributed by atoms with Gasteiger partial charge in [-0.2, -0.15) is 0 Å². The van der Waals surface area contributed by atoms with Crippen molar-refractivity contribution in [1.82, 2.24) is 0 Å². The lowest BCUT2D eigenvalue weighted by atomic mass is 10.1. The minimum Gasteiger partial charge on any atom is -0.462 e. The SMILES string of the molecule is CC/C=C\C/C=C\C/C=C\C/C=C\C/C=C\C/C=C\CCCCCCCCC(=O)OCC(COC(=O)CCCCCCC/C=C\C/C=C\C/C=C\CC)OC(=O)CC/C=C\C/C=C\C/C=C\C/C=C\C/C=C\C/C=C\CC. The molecule has 0 aliphatic heterocycles. The van der Waals surface area contributed by atoms with E-state index in [0.717, 1.165) is 167 Å². The van der Waals surface area contributed by atoms with Gasteiger partial charge in [-0.05, 0) is 141 Å². The number of allylic oxidation sites excluding steroid dienone is 30. The highest BCUT2D eigenvalue weighted by Gasteiger charge is 2.19. The van der Waals surface area contributed by atoms with E-state index in [4.69, 9.17) is 14.2 Å². The second-order valence-electron chi connectivity index (χ2n) is 19.1. The van der Waals surface area contributed by atoms with E-state index in [0.29, 0.717) is 19.3 Å². The van der Waals surface area contributed by atoms with Crippen molar-refractivity contribution in [2.75, 3.05) is 13.2 Å². The van der Waals surface area contributed by atoms with Crippen molar-refractivity contribution >= 4 is 17.9 Å². The molecule has 0 aliphatic carbocycles. The molecule has 0 aromatic rings. The molecule has 0 amide bonds. The highest BCUT2D eigenvalue weighted by atomic mass is 16.6. The number of esters is 3. The molecule has 6 nitrogen and oxygen atoms in total. The van der Waals surface area contributed by atoms with Crippen LogP contribution in [-0.4, -0.2) is 37.2 Å². The van der Waals surface area contributed by atoms with Crippen LogP contribution in [0.2, 0.25) is 0 Å². The first-order valence-corrected chi connectivity index (χ1v) is 30.3. The molecule has 0 aromatic carbocycles. The summed E-state index contributed by atoms with van der Waals surface area (Å²) in [7, 11) is 0. The molecule has 0 bridgehead atoms. The Morgan fingerprint density at radius 3 is 0.779 bits per heavy atom. The minimum absolute atomic E-state index is 0.132. The van der Waals surface area contributed by atoms with Crippen molar-refractivity contribution in [2.45, 2.75) is 232 Å². The summed E-state index contributed by atoms with van der Waals surface area (Å²) in [5, 5.41) is 0. The number of rotatable bonds is 52. The Bertz CT molecular complexity index is 1840. The summed E-state index contributed by atoms with van der Waals surface area (Å²) in [5.41, 5.74) is 0. The van der Waals surface area contributed by atoms with Gasteiger partial charge in [0, 0.05) is 19.3 Å². The van der Waals surface area contributed by atoms with Gasteiger partial charge in [0.05, 0.1) is 0 Å². The number of hydrogen-bond donors (Lipinski definition) is 0. The van der Waals surface area contributed by atoms with Gasteiger partial charge in [0.2, 0.25) is 0 Å². The Kier molecular flexibility index (Phi) is 58.6. The van der Waals surface area contributed by atoms with Gasteiger partial charge >= 0.3 is 17.9 Å². The van der Waals surface area contributed by atoms with Gasteiger partial charge in [0.15, 0.2) is 6.10 Å². The van der Waals surface area contributed by atoms with Crippen molar-refractivity contribution < 1.29 is 28.6 Å². The van der Waals surface area contributed by atoms with Crippen molar-refractivity contribution in [3.8, 4) is 0 Å². The first kappa shape index (κ1) is 71.5. The van der Waals surface area contributed by atoms with Crippen LogP contribution in [-0.2, 0) is 28.6 Å². The summed E-state index contributed by atoms with van der Waals surface area (Å²) in [6.45, 7) is 6.19. The van der Waals surface area contributed by atoms with Crippen molar-refractivity contribution in [1.29, 1.82) is 0 Å². The van der Waals surface area contributed by atoms with Gasteiger partial charge < -0.3 is 14.2 Å². The molecule has 0 fully saturated rings. The lowest BCUT2D eigenvalue weighted by Gasteiger charge is -2.18. The van der Waals surface area contributed by atoms with Crippen LogP contribution in [0.1, 0.15) is 226 Å². The van der Waals surface area contributed by atoms with Crippen LogP contribution >= 0.6 is 0 Å². The van der Waals surface area contributed by atoms with E-state index < -0.39 is 12.1 Å². The van der Waals surface area contributed by atoms with E-state index in [1.165, 1.54) is 12.8 Å². The molecule has 0 radical (unpaired) electrons. The molecule has 0 heterocycles. The molecule has 0 spiro atoms. The molecule has 1 atom stereocenters. The maximum Gasteiger partial charge on any atom is 0.306 e. The van der Waals surface area contributed by atoms with Gasteiger partial charge in [-0.1, -0.05) is 248 Å². The third-order valence-corrected chi connectivity index (χ3v) is 11.9. The summed E-state index contributed by atoms with van der Waals surface area (Å²) >= 11 is 0. The van der Waals surface area contributed by atoms with E-state index in [1.807, 2.05) is 12.2 Å². The first-order chi connectivity index (χ1) is 38.0. The Morgan fingerprint density at radius 1 is 0.260 bits per heavy atom. The van der Waals surface area contributed by atoms with Crippen molar-refractivity contribution in [3.63, 3.8) is 0 Å². The molecule has 77 heavy (non-hydrogen) atoms. The van der Waals surface area contributed by atoms with E-state index in [9.17, 15) is 14.4 Å². The van der Waals surface area contributed by atoms with E-state index in [1.54, 1.807) is 0 Å². The van der Waals surface area contributed by atoms with Crippen molar-refractivity contribution in [2.24, 2.45) is 0 Å². The summed E-state index contributed by atoms with van der Waals surface area (Å²) in [6, 6.07) is 0. The number of ether oxygens (including phenoxy) is 3. The monoisotopic (exact) mass is 1060 g/mol. The number of carbonyl (C=O) groups excluding carboxylic acids is 3. The molecule has 0 saturated heterocycles. The molecule has 428 valence electrons. The zero-order chi connectivity index (χ0) is 55.7. The first-order valence-electron chi connectivity index (χ1n) is 30.3. The highest BCUT2D eigenvalue weighted by Crippen LogP contribution is 2.12. The average Bonchev–Trinajstić information content (AvgIpc) is 3.43. The normalized spacial score (nSPS) is 13.4. The molecule has 0 saturated carbocycles. The fraction of sp³-hybridized carbons (Fsp3) is 0.535. The smallest absolute Gasteiger partial charge is 0.306 e. The Labute approximate surface area is 472 Å². The Morgan fingerprint density at radius 2 is 0.494 bits per heavy atom. The van der Waals surface area contributed by atoms with Gasteiger partial charge in [0.1, 0.15) is 13.2 Å². The minimum atomic E-state index is -0.844. The summed E-state index contributed by atoms with van der Waals surface area (Å²) in [5.74, 6) is -1.06. The molecule has 0 aromatic heterocycles. The largest absolute Gasteiger partial charge is 0.462 e. The van der Waals surface area contributed by atoms with Gasteiger partial charge in [-0.25, -0.2) is 0 Å². The number of carbonyl (C=O) groups is 3. The fourth-order valence-corrected chi connectivity index (χ4v) is 7.48. The molecule has 1 unspecified atom stereocenters. The molecular weight excluding hydrogens is 949 g/mol. The quantitative estimate of drug-likeness (QED) is 0.0261. The third kappa shape index (κ3) is 61.2. The fourth-order valence-electron chi connectivity index (χ4n) is 7.48. The lowest BCUT2D eigenvalue weighted by Crippen LogP contribution is -2.30. The van der Waals surface area contributed by atoms with Crippen LogP contribution in [0.4, 0.5) is 0 Å². The van der Waals surface area contributed by atoms with Crippen LogP contribution < -0.4 is 0 Å². The summed E-state index contributed by atoms with van der Waals surface area (Å²) < 4.78 is 16.8. The van der Waals surface area contributed by atoms with Crippen LogP contribution in [0.5, 0.6) is 0 Å². The summed E-state index contributed by atoms with van der Waals surface area (Å²) in [6.07, 6.45) is 94.7. The molecule has 6 heteroatoms. The topological polar surface area (TPSA) is 78.9 Å². The standard InChI is InChI=1S/C71H108O6/c1-4-7-10-13-16-19-22-25-28-30-32-33-34-35-36-37-39-40-43-46-49-52-55-58-61-64-70(73)76-67-68(66-75-69(72)63-60-57-54-51-48-45-42-27-24-21-18-15-12-9-6-3)77-71(74)65-62-59-56-53-50-47-44-41-38-31-29-26-23-20-17-14-11-8-5-2/h7-12,16-21,25-29,32-33,35-36,38-42,47,50,56,59,68H,4-6,13-15,22-24,30-31,34,37,43-46,48-49,51-55,57-58,60-67H2,1-3H3/b10-7-,11-8-,12-9-,19-16-,20-17-,21-18-,28-25-,29-26-,33-32-,36-35-,40-39-,41-38-,42-27-,50-47-,59-56-. The molecular formula is C71H108O6. The van der Waals surface area contributed by atoms with E-state index in [2.05, 4.69) is 191 Å². The van der Waals surface area contributed by atoms with Crippen LogP contribution in [0.15, 0.2) is 182 Å². The Hall–Kier alpha value is -5.49. The molecule has 0 rings (SSSR count). The van der Waals surface area contributed by atoms with Gasteiger partial charge in [-0.3, -0.25) is 14.4 Å². The predicted octanol–water partition coefficient (Wildman–Crippen LogP) is 20.9. The van der Waals surface area contributed by atoms with Crippen LogP contribution in [0.3, 0.4) is 0 Å². The van der Waals surface area contributed by atoms with Crippen molar-refractivity contribution in [3.05, 3.63) is 182 Å². The van der Waals surface area contributed by atoms with Gasteiger partial charge in [-0.15, -0.1) is 0 Å². The summed E-state index contributed by atoms with van der Waals surface area (Å²) in [4.78, 5) is 38.2. The van der Waals surface area contributed by atoms with Crippen LogP contribution in [0, 0.1) is 0 Å². The molecule has 0 aliphatic rings. The molecule has 0 N–H and O–H groups in total. The second kappa shape index (κ2) is 63.0. The third-order valence-electron chi connectivity index (χ3n) is 11.9. The zero-order valence-electron chi connectivity index (χ0n) is 48.9. The maximum absolute atomic E-state index is 12.9. The predicted molar refractivity (Wildman–Crippen MR) is 334 cm³/mol. The highest BCUT2D eigenvalue weighted by molar-refractivity contribution is 5.71. The van der Waals surface area contributed by atoms with E-state index in [-0.39, 0.29) is 31.6 Å². The number of hydrogen-bond acceptors (Lipinski definition) is 6. The maximum atomic E-state index is 12.9. The van der Waals surface area contributed by atoms with Crippen LogP contribution in [0.25, 0.3) is 0 Å². The van der Waals surface area contributed by atoms with E-state index >= 15 is 0 Å². The second-order valence-corrected chi connectivity index (χ2v) is 19.1.